The summed E-state index contributed by atoms with van der Waals surface area (Å²) < 4.78 is 5.25. The van der Waals surface area contributed by atoms with Gasteiger partial charge in [0.25, 0.3) is 0 Å². The zero-order valence-corrected chi connectivity index (χ0v) is 11.4. The largest absolute Gasteiger partial charge is 0.339 e. The fourth-order valence-corrected chi connectivity index (χ4v) is 1.96. The van der Waals surface area contributed by atoms with Crippen molar-refractivity contribution in [2.45, 2.75) is 26.7 Å². The van der Waals surface area contributed by atoms with Crippen LogP contribution in [0.4, 0.5) is 0 Å². The molecule has 0 atom stereocenters. The Morgan fingerprint density at radius 3 is 2.80 bits per heavy atom. The summed E-state index contributed by atoms with van der Waals surface area (Å²) in [5.74, 6) is 1.13. The fourth-order valence-electron chi connectivity index (χ4n) is 1.96. The summed E-state index contributed by atoms with van der Waals surface area (Å²) in [5.41, 5.74) is 4.04. The monoisotopic (exact) mass is 269 g/mol. The number of nitrogens with zero attached hydrogens (tertiary/aromatic N) is 4. The van der Waals surface area contributed by atoms with Crippen LogP contribution in [0.5, 0.6) is 0 Å². The zero-order chi connectivity index (χ0) is 13.9. The zero-order valence-electron chi connectivity index (χ0n) is 11.4. The number of aromatic nitrogens is 5. The summed E-state index contributed by atoms with van der Waals surface area (Å²) >= 11 is 0. The molecule has 0 bridgehead atoms. The molecular weight excluding hydrogens is 254 g/mol. The summed E-state index contributed by atoms with van der Waals surface area (Å²) in [4.78, 5) is 8.55. The van der Waals surface area contributed by atoms with E-state index in [2.05, 4.69) is 32.2 Å². The summed E-state index contributed by atoms with van der Waals surface area (Å²) in [5, 5.41) is 11.2. The highest BCUT2D eigenvalue weighted by molar-refractivity contribution is 5.47. The van der Waals surface area contributed by atoms with Crippen molar-refractivity contribution in [3.05, 3.63) is 47.2 Å². The molecule has 0 unspecified atom stereocenters. The Morgan fingerprint density at radius 2 is 2.10 bits per heavy atom. The third kappa shape index (κ3) is 2.45. The normalized spacial score (nSPS) is 10.9. The van der Waals surface area contributed by atoms with Crippen LogP contribution < -0.4 is 0 Å². The van der Waals surface area contributed by atoms with Crippen molar-refractivity contribution >= 4 is 0 Å². The van der Waals surface area contributed by atoms with E-state index in [0.29, 0.717) is 23.8 Å². The molecule has 1 N–H and O–H groups in total. The Hall–Kier alpha value is -2.50. The highest BCUT2D eigenvalue weighted by atomic mass is 16.5. The molecule has 0 aliphatic rings. The lowest BCUT2D eigenvalue weighted by molar-refractivity contribution is 0.378. The minimum absolute atomic E-state index is 0.524. The molecule has 0 fully saturated rings. The van der Waals surface area contributed by atoms with E-state index in [4.69, 9.17) is 4.52 Å². The molecule has 0 amide bonds. The van der Waals surface area contributed by atoms with Crippen molar-refractivity contribution in [3.63, 3.8) is 0 Å². The van der Waals surface area contributed by atoms with Gasteiger partial charge in [-0.05, 0) is 31.5 Å². The van der Waals surface area contributed by atoms with Gasteiger partial charge in [-0.1, -0.05) is 11.2 Å². The molecule has 3 aromatic rings. The van der Waals surface area contributed by atoms with Crippen LogP contribution in [0.2, 0.25) is 0 Å². The molecule has 3 rings (SSSR count). The van der Waals surface area contributed by atoms with Crippen molar-refractivity contribution in [3.8, 4) is 11.5 Å². The maximum absolute atomic E-state index is 5.25. The number of rotatable bonds is 4. The SMILES string of the molecule is Cc1[nH]nc(CCc2nc(-c3ccccn3)no2)c1C. The number of aromatic amines is 1. The van der Waals surface area contributed by atoms with Gasteiger partial charge in [0.1, 0.15) is 5.69 Å². The van der Waals surface area contributed by atoms with Crippen molar-refractivity contribution in [2.24, 2.45) is 0 Å². The number of hydrogen-bond acceptors (Lipinski definition) is 5. The molecule has 0 saturated heterocycles. The summed E-state index contributed by atoms with van der Waals surface area (Å²) in [6, 6.07) is 5.61. The van der Waals surface area contributed by atoms with Gasteiger partial charge in [0.15, 0.2) is 0 Å². The number of nitrogens with one attached hydrogen (secondary N) is 1. The van der Waals surface area contributed by atoms with Gasteiger partial charge in [0, 0.05) is 24.7 Å². The molecule has 0 aliphatic carbocycles. The van der Waals surface area contributed by atoms with E-state index >= 15 is 0 Å². The van der Waals surface area contributed by atoms with E-state index in [1.807, 2.05) is 25.1 Å². The van der Waals surface area contributed by atoms with E-state index in [9.17, 15) is 0 Å². The minimum Gasteiger partial charge on any atom is -0.339 e. The van der Waals surface area contributed by atoms with Crippen LogP contribution in [0.3, 0.4) is 0 Å². The molecule has 6 heteroatoms. The molecule has 0 saturated carbocycles. The number of aryl methyl sites for hydroxylation is 3. The average molecular weight is 269 g/mol. The molecule has 0 aromatic carbocycles. The third-order valence-electron chi connectivity index (χ3n) is 3.29. The first kappa shape index (κ1) is 12.5. The van der Waals surface area contributed by atoms with Crippen LogP contribution >= 0.6 is 0 Å². The summed E-state index contributed by atoms with van der Waals surface area (Å²) in [6.45, 7) is 4.07. The molecule has 20 heavy (non-hydrogen) atoms. The van der Waals surface area contributed by atoms with E-state index in [1.165, 1.54) is 5.56 Å². The van der Waals surface area contributed by atoms with Gasteiger partial charge in [-0.15, -0.1) is 0 Å². The topological polar surface area (TPSA) is 80.5 Å². The second kappa shape index (κ2) is 5.24. The predicted octanol–water partition coefficient (Wildman–Crippen LogP) is 2.26. The van der Waals surface area contributed by atoms with Gasteiger partial charge in [-0.2, -0.15) is 10.1 Å². The van der Waals surface area contributed by atoms with Gasteiger partial charge in [-0.3, -0.25) is 10.1 Å². The van der Waals surface area contributed by atoms with Crippen LogP contribution in [0.1, 0.15) is 22.8 Å². The molecule has 0 spiro atoms. The maximum Gasteiger partial charge on any atom is 0.227 e. The van der Waals surface area contributed by atoms with Crippen LogP contribution in [-0.2, 0) is 12.8 Å². The Balaban J connectivity index is 1.70. The number of pyridine rings is 1. The first-order valence-corrected chi connectivity index (χ1v) is 6.48. The molecular formula is C14H15N5O. The Bertz CT molecular complexity index is 701. The Kier molecular flexibility index (Phi) is 3.28. The lowest BCUT2D eigenvalue weighted by Gasteiger charge is -1.94. The minimum atomic E-state index is 0.524. The molecule has 3 aromatic heterocycles. The highest BCUT2D eigenvalue weighted by Crippen LogP contribution is 2.14. The quantitative estimate of drug-likeness (QED) is 0.785. The average Bonchev–Trinajstić information content (AvgIpc) is 3.07. The van der Waals surface area contributed by atoms with Crippen molar-refractivity contribution in [1.29, 1.82) is 0 Å². The fraction of sp³-hybridized carbons (Fsp3) is 0.286. The first-order chi connectivity index (χ1) is 9.74. The van der Waals surface area contributed by atoms with Gasteiger partial charge in [-0.25, -0.2) is 0 Å². The van der Waals surface area contributed by atoms with E-state index < -0.39 is 0 Å². The predicted molar refractivity (Wildman–Crippen MR) is 73.0 cm³/mol. The van der Waals surface area contributed by atoms with Crippen LogP contribution in [0, 0.1) is 13.8 Å². The van der Waals surface area contributed by atoms with Crippen LogP contribution in [0.15, 0.2) is 28.9 Å². The molecule has 3 heterocycles. The third-order valence-corrected chi connectivity index (χ3v) is 3.29. The second-order valence-electron chi connectivity index (χ2n) is 4.65. The van der Waals surface area contributed by atoms with Crippen LogP contribution in [0.25, 0.3) is 11.5 Å². The molecule has 102 valence electrons. The van der Waals surface area contributed by atoms with Gasteiger partial charge >= 0.3 is 0 Å². The smallest absolute Gasteiger partial charge is 0.227 e. The van der Waals surface area contributed by atoms with E-state index in [0.717, 1.165) is 17.8 Å². The van der Waals surface area contributed by atoms with Crippen LogP contribution in [-0.4, -0.2) is 25.3 Å². The van der Waals surface area contributed by atoms with E-state index in [1.54, 1.807) is 6.20 Å². The standard InChI is InChI=1S/C14H15N5O/c1-9-10(2)17-18-11(9)6-7-13-16-14(19-20-13)12-5-3-4-8-15-12/h3-5,8H,6-7H2,1-2H3,(H,17,18). The van der Waals surface area contributed by atoms with Gasteiger partial charge < -0.3 is 4.52 Å². The van der Waals surface area contributed by atoms with Crippen molar-refractivity contribution in [2.75, 3.05) is 0 Å². The highest BCUT2D eigenvalue weighted by Gasteiger charge is 2.11. The lowest BCUT2D eigenvalue weighted by atomic mass is 10.1. The van der Waals surface area contributed by atoms with Gasteiger partial charge in [0.2, 0.25) is 11.7 Å². The molecule has 0 aliphatic heterocycles. The molecule has 0 radical (unpaired) electrons. The van der Waals surface area contributed by atoms with E-state index in [-0.39, 0.29) is 0 Å². The lowest BCUT2D eigenvalue weighted by Crippen LogP contribution is -1.94. The Morgan fingerprint density at radius 1 is 1.20 bits per heavy atom. The first-order valence-electron chi connectivity index (χ1n) is 6.48. The maximum atomic E-state index is 5.25. The number of hydrogen-bond donors (Lipinski definition) is 1. The molecule has 6 nitrogen and oxygen atoms in total. The van der Waals surface area contributed by atoms with Crippen molar-refractivity contribution < 1.29 is 4.52 Å². The summed E-state index contributed by atoms with van der Waals surface area (Å²) in [7, 11) is 0. The van der Waals surface area contributed by atoms with Crippen molar-refractivity contribution in [1.82, 2.24) is 25.3 Å². The van der Waals surface area contributed by atoms with Gasteiger partial charge in [0.05, 0.1) is 5.69 Å². The second-order valence-corrected chi connectivity index (χ2v) is 4.65. The Labute approximate surface area is 116 Å². The summed E-state index contributed by atoms with van der Waals surface area (Å²) in [6.07, 6.45) is 3.16. The number of H-pyrrole nitrogens is 1.